The fourth-order valence-corrected chi connectivity index (χ4v) is 2.74. The van der Waals surface area contributed by atoms with Gasteiger partial charge in [0.2, 0.25) is 0 Å². The Hall–Kier alpha value is -4.60. The van der Waals surface area contributed by atoms with Crippen molar-refractivity contribution in [3.05, 3.63) is 109 Å². The van der Waals surface area contributed by atoms with Gasteiger partial charge in [-0.05, 0) is 72.8 Å². The highest BCUT2D eigenvalue weighted by Gasteiger charge is 2.36. The molecule has 3 aromatic carbocycles. The SMILES string of the molecule is C=CC(=O)Oc1ccc(C(F)(F)Oc2ccc(OC(F)(F)c3ccc(OC(=O)C=C)cc3)cc2)cc1. The van der Waals surface area contributed by atoms with E-state index in [4.69, 9.17) is 18.9 Å². The lowest BCUT2D eigenvalue weighted by atomic mass is 10.2. The van der Waals surface area contributed by atoms with Crippen LogP contribution in [0.2, 0.25) is 0 Å². The Morgan fingerprint density at radius 3 is 1.11 bits per heavy atom. The van der Waals surface area contributed by atoms with E-state index in [1.165, 1.54) is 0 Å². The van der Waals surface area contributed by atoms with E-state index >= 15 is 0 Å². The summed E-state index contributed by atoms with van der Waals surface area (Å²) in [5.41, 5.74) is -1.06. The summed E-state index contributed by atoms with van der Waals surface area (Å²) in [7, 11) is 0. The molecule has 0 radical (unpaired) electrons. The van der Waals surface area contributed by atoms with Gasteiger partial charge < -0.3 is 18.9 Å². The van der Waals surface area contributed by atoms with Crippen molar-refractivity contribution in [3.8, 4) is 23.0 Å². The van der Waals surface area contributed by atoms with Crippen molar-refractivity contribution in [1.29, 1.82) is 0 Å². The average Bonchev–Trinajstić information content (AvgIpc) is 2.85. The summed E-state index contributed by atoms with van der Waals surface area (Å²) < 4.78 is 77.0. The molecule has 0 aliphatic rings. The molecule has 0 aromatic heterocycles. The van der Waals surface area contributed by atoms with Crippen LogP contribution in [0.4, 0.5) is 17.6 Å². The number of rotatable bonds is 10. The van der Waals surface area contributed by atoms with Crippen molar-refractivity contribution in [2.24, 2.45) is 0 Å². The van der Waals surface area contributed by atoms with E-state index in [9.17, 15) is 27.2 Å². The fraction of sp³-hybridized carbons (Fsp3) is 0.0769. The van der Waals surface area contributed by atoms with Crippen LogP contribution >= 0.6 is 0 Å². The maximum absolute atomic E-state index is 14.5. The predicted octanol–water partition coefficient (Wildman–Crippen LogP) is 6.13. The van der Waals surface area contributed by atoms with Crippen LogP contribution in [0.1, 0.15) is 11.1 Å². The Morgan fingerprint density at radius 2 is 0.833 bits per heavy atom. The number of esters is 2. The van der Waals surface area contributed by atoms with Gasteiger partial charge in [-0.25, -0.2) is 9.59 Å². The summed E-state index contributed by atoms with van der Waals surface area (Å²) in [5, 5.41) is 0. The fourth-order valence-electron chi connectivity index (χ4n) is 2.74. The van der Waals surface area contributed by atoms with Crippen molar-refractivity contribution in [2.75, 3.05) is 0 Å². The van der Waals surface area contributed by atoms with E-state index in [0.717, 1.165) is 84.9 Å². The van der Waals surface area contributed by atoms with Crippen molar-refractivity contribution >= 4 is 11.9 Å². The zero-order valence-corrected chi connectivity index (χ0v) is 18.5. The van der Waals surface area contributed by atoms with Crippen LogP contribution in [0.5, 0.6) is 23.0 Å². The first-order valence-corrected chi connectivity index (χ1v) is 10.2. The number of carbonyl (C=O) groups excluding carboxylic acids is 2. The number of hydrogen-bond donors (Lipinski definition) is 0. The molecule has 10 heteroatoms. The molecule has 0 N–H and O–H groups in total. The summed E-state index contributed by atoms with van der Waals surface area (Å²) in [6.07, 6.45) is -5.70. The van der Waals surface area contributed by atoms with Crippen LogP contribution in [0.15, 0.2) is 98.1 Å². The van der Waals surface area contributed by atoms with Gasteiger partial charge in [-0.2, -0.15) is 17.6 Å². The Labute approximate surface area is 203 Å². The molecule has 0 spiro atoms. The molecule has 0 saturated heterocycles. The van der Waals surface area contributed by atoms with Crippen LogP contribution in [-0.2, 0) is 21.8 Å². The second-order valence-corrected chi connectivity index (χ2v) is 7.01. The molecule has 0 amide bonds. The monoisotopic (exact) mass is 502 g/mol. The summed E-state index contributed by atoms with van der Waals surface area (Å²) >= 11 is 0. The minimum absolute atomic E-state index is 0.0364. The maximum atomic E-state index is 14.5. The quantitative estimate of drug-likeness (QED) is 0.144. The van der Waals surface area contributed by atoms with E-state index in [1.54, 1.807) is 0 Å². The minimum Gasteiger partial charge on any atom is -0.429 e. The molecule has 3 rings (SSSR count). The number of halogens is 4. The summed E-state index contributed by atoms with van der Waals surface area (Å²) in [5.74, 6) is -2.05. The number of benzene rings is 3. The van der Waals surface area contributed by atoms with E-state index in [-0.39, 0.29) is 23.0 Å². The smallest absolute Gasteiger partial charge is 0.426 e. The number of alkyl halides is 4. The van der Waals surface area contributed by atoms with Gasteiger partial charge in [-0.15, -0.1) is 0 Å². The molecule has 0 aliphatic carbocycles. The van der Waals surface area contributed by atoms with Gasteiger partial charge in [0.15, 0.2) is 0 Å². The molecule has 3 aromatic rings. The molecular formula is C26H18F4O6. The van der Waals surface area contributed by atoms with Crippen LogP contribution in [0.3, 0.4) is 0 Å². The molecular weight excluding hydrogens is 484 g/mol. The van der Waals surface area contributed by atoms with Crippen molar-refractivity contribution in [3.63, 3.8) is 0 Å². The zero-order valence-electron chi connectivity index (χ0n) is 18.5. The molecule has 0 fully saturated rings. The third-order valence-electron chi connectivity index (χ3n) is 4.47. The second kappa shape index (κ2) is 10.8. The Kier molecular flexibility index (Phi) is 7.78. The Morgan fingerprint density at radius 1 is 0.556 bits per heavy atom. The third-order valence-corrected chi connectivity index (χ3v) is 4.47. The third kappa shape index (κ3) is 6.72. The topological polar surface area (TPSA) is 71.1 Å². The predicted molar refractivity (Wildman–Crippen MR) is 120 cm³/mol. The lowest BCUT2D eigenvalue weighted by molar-refractivity contribution is -0.188. The van der Waals surface area contributed by atoms with E-state index in [0.29, 0.717) is 0 Å². The van der Waals surface area contributed by atoms with E-state index < -0.39 is 35.3 Å². The number of hydrogen-bond acceptors (Lipinski definition) is 6. The normalized spacial score (nSPS) is 11.2. The van der Waals surface area contributed by atoms with Crippen molar-refractivity contribution in [1.82, 2.24) is 0 Å². The number of ether oxygens (including phenoxy) is 4. The Bertz CT molecular complexity index is 1140. The number of carbonyl (C=O) groups is 2. The standard InChI is InChI=1S/C26H18F4O6/c1-3-23(31)33-19-9-5-17(6-10-19)25(27,28)35-21-13-15-22(16-14-21)36-26(29,30)18-7-11-20(12-8-18)34-24(32)4-2/h3-16H,1-2H2. The van der Waals surface area contributed by atoms with Gasteiger partial charge in [-0.1, -0.05) is 13.2 Å². The van der Waals surface area contributed by atoms with E-state index in [1.807, 2.05) is 0 Å². The lowest BCUT2D eigenvalue weighted by Crippen LogP contribution is -2.22. The highest BCUT2D eigenvalue weighted by molar-refractivity contribution is 5.83. The summed E-state index contributed by atoms with van der Waals surface area (Å²) in [4.78, 5) is 22.3. The molecule has 0 aliphatic heterocycles. The van der Waals surface area contributed by atoms with Crippen molar-refractivity contribution in [2.45, 2.75) is 12.2 Å². The first-order chi connectivity index (χ1) is 17.0. The molecule has 36 heavy (non-hydrogen) atoms. The van der Waals surface area contributed by atoms with Crippen molar-refractivity contribution < 1.29 is 46.1 Å². The lowest BCUT2D eigenvalue weighted by Gasteiger charge is -2.20. The summed E-state index contributed by atoms with van der Waals surface area (Å²) in [6, 6.07) is 12.8. The molecule has 0 saturated carbocycles. The molecule has 0 unspecified atom stereocenters. The van der Waals surface area contributed by atoms with Gasteiger partial charge in [0, 0.05) is 12.2 Å². The van der Waals surface area contributed by atoms with E-state index in [2.05, 4.69) is 13.2 Å². The molecule has 6 nitrogen and oxygen atoms in total. The second-order valence-electron chi connectivity index (χ2n) is 7.01. The first-order valence-electron chi connectivity index (χ1n) is 10.2. The molecule has 0 heterocycles. The van der Waals surface area contributed by atoms with Gasteiger partial charge in [0.05, 0.1) is 11.1 Å². The van der Waals surface area contributed by atoms with Crippen LogP contribution < -0.4 is 18.9 Å². The first kappa shape index (κ1) is 26.0. The van der Waals surface area contributed by atoms with Crippen LogP contribution in [-0.4, -0.2) is 11.9 Å². The van der Waals surface area contributed by atoms with Crippen LogP contribution in [0.25, 0.3) is 0 Å². The van der Waals surface area contributed by atoms with Gasteiger partial charge in [0.25, 0.3) is 0 Å². The van der Waals surface area contributed by atoms with Gasteiger partial charge >= 0.3 is 24.2 Å². The largest absolute Gasteiger partial charge is 0.429 e. The summed E-state index contributed by atoms with van der Waals surface area (Å²) in [6.45, 7) is 6.47. The molecule has 0 bridgehead atoms. The highest BCUT2D eigenvalue weighted by Crippen LogP contribution is 2.36. The Balaban J connectivity index is 1.64. The van der Waals surface area contributed by atoms with Crippen LogP contribution in [0, 0.1) is 0 Å². The zero-order chi connectivity index (χ0) is 26.3. The van der Waals surface area contributed by atoms with Gasteiger partial charge in [0.1, 0.15) is 23.0 Å². The molecule has 186 valence electrons. The average molecular weight is 502 g/mol. The van der Waals surface area contributed by atoms with Gasteiger partial charge in [-0.3, -0.25) is 0 Å². The minimum atomic E-state index is -3.77. The maximum Gasteiger partial charge on any atom is 0.426 e. The highest BCUT2D eigenvalue weighted by atomic mass is 19.3. The molecule has 0 atom stereocenters.